The van der Waals surface area contributed by atoms with E-state index in [0.717, 1.165) is 11.1 Å². The van der Waals surface area contributed by atoms with E-state index in [1.807, 2.05) is 49.4 Å². The molecular weight excluding hydrogens is 288 g/mol. The van der Waals surface area contributed by atoms with E-state index in [2.05, 4.69) is 0 Å². The molecule has 0 fully saturated rings. The Labute approximate surface area is 137 Å². The van der Waals surface area contributed by atoms with Crippen molar-refractivity contribution >= 4 is 11.8 Å². The van der Waals surface area contributed by atoms with Crippen molar-refractivity contribution in [2.75, 3.05) is 0 Å². The van der Waals surface area contributed by atoms with E-state index in [-0.39, 0.29) is 17.9 Å². The van der Waals surface area contributed by atoms with Gasteiger partial charge >= 0.3 is 5.97 Å². The van der Waals surface area contributed by atoms with Gasteiger partial charge < -0.3 is 9.53 Å². The van der Waals surface area contributed by atoms with E-state index < -0.39 is 0 Å². The van der Waals surface area contributed by atoms with Gasteiger partial charge in [0, 0.05) is 6.42 Å². The predicted molar refractivity (Wildman–Crippen MR) is 90.3 cm³/mol. The Kier molecular flexibility index (Phi) is 6.10. The monoisotopic (exact) mass is 310 g/mol. The zero-order valence-corrected chi connectivity index (χ0v) is 13.6. The van der Waals surface area contributed by atoms with Crippen molar-refractivity contribution in [2.45, 2.75) is 39.2 Å². The zero-order valence-electron chi connectivity index (χ0n) is 13.6. The molecule has 0 N–H and O–H groups in total. The number of hydrogen-bond acceptors (Lipinski definition) is 3. The maximum absolute atomic E-state index is 12.3. The number of ether oxygens (including phenoxy) is 1. The first-order valence-electron chi connectivity index (χ1n) is 7.88. The standard InChI is InChI=1S/C20H22O3/c1-15-11-13-18(14-12-15)20(22)23-19(10-6-7-16(2)21)17-8-4-3-5-9-17/h3-5,8-9,11-14,19H,6-7,10H2,1-2H3. The molecule has 2 aromatic carbocycles. The second-order valence-electron chi connectivity index (χ2n) is 5.76. The molecule has 0 amide bonds. The van der Waals surface area contributed by atoms with Crippen LogP contribution >= 0.6 is 0 Å². The molecule has 2 rings (SSSR count). The van der Waals surface area contributed by atoms with E-state index in [9.17, 15) is 9.59 Å². The summed E-state index contributed by atoms with van der Waals surface area (Å²) < 4.78 is 5.69. The zero-order chi connectivity index (χ0) is 16.7. The van der Waals surface area contributed by atoms with Crippen LogP contribution in [0.5, 0.6) is 0 Å². The molecule has 1 atom stereocenters. The van der Waals surface area contributed by atoms with Gasteiger partial charge in [-0.25, -0.2) is 4.79 Å². The van der Waals surface area contributed by atoms with E-state index in [0.29, 0.717) is 24.8 Å². The number of hydrogen-bond donors (Lipinski definition) is 0. The van der Waals surface area contributed by atoms with E-state index in [1.54, 1.807) is 19.1 Å². The maximum atomic E-state index is 12.3. The molecule has 0 heterocycles. The van der Waals surface area contributed by atoms with E-state index >= 15 is 0 Å². The average Bonchev–Trinajstić information content (AvgIpc) is 2.55. The van der Waals surface area contributed by atoms with Gasteiger partial charge in [0.1, 0.15) is 11.9 Å². The largest absolute Gasteiger partial charge is 0.454 e. The molecule has 23 heavy (non-hydrogen) atoms. The van der Waals surface area contributed by atoms with Crippen LogP contribution in [0.15, 0.2) is 54.6 Å². The Morgan fingerprint density at radius 3 is 2.26 bits per heavy atom. The van der Waals surface area contributed by atoms with Gasteiger partial charge in [0.05, 0.1) is 5.56 Å². The summed E-state index contributed by atoms with van der Waals surface area (Å²) in [4.78, 5) is 23.5. The highest BCUT2D eigenvalue weighted by Gasteiger charge is 2.18. The van der Waals surface area contributed by atoms with E-state index in [1.165, 1.54) is 0 Å². The van der Waals surface area contributed by atoms with Crippen LogP contribution < -0.4 is 0 Å². The molecule has 3 heteroatoms. The second kappa shape index (κ2) is 8.28. The third-order valence-electron chi connectivity index (χ3n) is 3.70. The lowest BCUT2D eigenvalue weighted by atomic mass is 10.0. The van der Waals surface area contributed by atoms with Crippen LogP contribution in [0.1, 0.15) is 53.8 Å². The third-order valence-corrected chi connectivity index (χ3v) is 3.70. The van der Waals surface area contributed by atoms with Gasteiger partial charge in [-0.3, -0.25) is 0 Å². The molecule has 0 saturated carbocycles. The van der Waals surface area contributed by atoms with Gasteiger partial charge in [-0.05, 0) is 44.4 Å². The second-order valence-corrected chi connectivity index (χ2v) is 5.76. The van der Waals surface area contributed by atoms with Crippen LogP contribution in [0.2, 0.25) is 0 Å². The summed E-state index contributed by atoms with van der Waals surface area (Å²) in [6.07, 6.45) is 1.52. The summed E-state index contributed by atoms with van der Waals surface area (Å²) >= 11 is 0. The average molecular weight is 310 g/mol. The van der Waals surface area contributed by atoms with Gasteiger partial charge in [-0.2, -0.15) is 0 Å². The summed E-state index contributed by atoms with van der Waals surface area (Å²) in [5.74, 6) is -0.177. The molecule has 0 aromatic heterocycles. The van der Waals surface area contributed by atoms with Gasteiger partial charge in [0.15, 0.2) is 0 Å². The minimum absolute atomic E-state index is 0.154. The molecule has 120 valence electrons. The minimum atomic E-state index is -0.332. The highest BCUT2D eigenvalue weighted by atomic mass is 16.5. The fraction of sp³-hybridized carbons (Fsp3) is 0.300. The first-order chi connectivity index (χ1) is 11.1. The topological polar surface area (TPSA) is 43.4 Å². The molecule has 0 aliphatic heterocycles. The van der Waals surface area contributed by atoms with Crippen molar-refractivity contribution in [1.29, 1.82) is 0 Å². The molecule has 0 spiro atoms. The molecule has 0 aliphatic rings. The summed E-state index contributed by atoms with van der Waals surface area (Å²) in [5.41, 5.74) is 2.60. The number of benzene rings is 2. The van der Waals surface area contributed by atoms with Crippen molar-refractivity contribution in [3.05, 3.63) is 71.3 Å². The van der Waals surface area contributed by atoms with Crippen LogP contribution in [-0.4, -0.2) is 11.8 Å². The SMILES string of the molecule is CC(=O)CCCC(OC(=O)c1ccc(C)cc1)c1ccccc1. The van der Waals surface area contributed by atoms with Crippen molar-refractivity contribution in [2.24, 2.45) is 0 Å². The lowest BCUT2D eigenvalue weighted by Crippen LogP contribution is -2.12. The van der Waals surface area contributed by atoms with Crippen LogP contribution in [0.3, 0.4) is 0 Å². The van der Waals surface area contributed by atoms with Gasteiger partial charge in [-0.1, -0.05) is 48.0 Å². The first kappa shape index (κ1) is 16.9. The quantitative estimate of drug-likeness (QED) is 0.699. The van der Waals surface area contributed by atoms with Crippen LogP contribution in [0.4, 0.5) is 0 Å². The van der Waals surface area contributed by atoms with Crippen molar-refractivity contribution in [3.8, 4) is 0 Å². The van der Waals surface area contributed by atoms with Gasteiger partial charge in [0.2, 0.25) is 0 Å². The summed E-state index contributed by atoms with van der Waals surface area (Å²) in [6.45, 7) is 3.56. The minimum Gasteiger partial charge on any atom is -0.454 e. The molecule has 0 bridgehead atoms. The van der Waals surface area contributed by atoms with Crippen LogP contribution in [0.25, 0.3) is 0 Å². The summed E-state index contributed by atoms with van der Waals surface area (Å²) in [5, 5.41) is 0. The summed E-state index contributed by atoms with van der Waals surface area (Å²) in [6, 6.07) is 17.0. The number of carbonyl (C=O) groups excluding carboxylic acids is 2. The highest BCUT2D eigenvalue weighted by molar-refractivity contribution is 5.89. The Balaban J connectivity index is 2.08. The number of esters is 1. The first-order valence-corrected chi connectivity index (χ1v) is 7.88. The van der Waals surface area contributed by atoms with Gasteiger partial charge in [-0.15, -0.1) is 0 Å². The number of Topliss-reactive ketones (excluding diaryl/α,β-unsaturated/α-hetero) is 1. The fourth-order valence-electron chi connectivity index (χ4n) is 2.38. The van der Waals surface area contributed by atoms with Crippen LogP contribution in [-0.2, 0) is 9.53 Å². The number of aryl methyl sites for hydroxylation is 1. The van der Waals surface area contributed by atoms with Crippen molar-refractivity contribution in [1.82, 2.24) is 0 Å². The van der Waals surface area contributed by atoms with E-state index in [4.69, 9.17) is 4.74 Å². The smallest absolute Gasteiger partial charge is 0.338 e. The molecule has 0 saturated heterocycles. The molecule has 0 radical (unpaired) electrons. The number of carbonyl (C=O) groups is 2. The summed E-state index contributed by atoms with van der Waals surface area (Å²) in [7, 11) is 0. The third kappa shape index (κ3) is 5.37. The Hall–Kier alpha value is -2.42. The fourth-order valence-corrected chi connectivity index (χ4v) is 2.38. The van der Waals surface area contributed by atoms with Crippen LogP contribution in [0, 0.1) is 6.92 Å². The van der Waals surface area contributed by atoms with Crippen molar-refractivity contribution in [3.63, 3.8) is 0 Å². The molecular formula is C20H22O3. The molecule has 1 unspecified atom stereocenters. The Morgan fingerprint density at radius 1 is 1.00 bits per heavy atom. The Morgan fingerprint density at radius 2 is 1.65 bits per heavy atom. The lowest BCUT2D eigenvalue weighted by Gasteiger charge is -2.18. The van der Waals surface area contributed by atoms with Gasteiger partial charge in [0.25, 0.3) is 0 Å². The molecule has 3 nitrogen and oxygen atoms in total. The Bertz CT molecular complexity index is 644. The normalized spacial score (nSPS) is 11.7. The molecule has 2 aromatic rings. The molecule has 0 aliphatic carbocycles. The number of rotatable bonds is 7. The lowest BCUT2D eigenvalue weighted by molar-refractivity contribution is -0.117. The highest BCUT2D eigenvalue weighted by Crippen LogP contribution is 2.25. The maximum Gasteiger partial charge on any atom is 0.338 e. The number of ketones is 1. The predicted octanol–water partition coefficient (Wildman–Crippen LogP) is 4.65. The van der Waals surface area contributed by atoms with Crippen molar-refractivity contribution < 1.29 is 14.3 Å².